The van der Waals surface area contributed by atoms with Crippen molar-refractivity contribution in [3.8, 4) is 0 Å². The van der Waals surface area contributed by atoms with E-state index in [4.69, 9.17) is 10.9 Å². The minimum Gasteiger partial charge on any atom is -0.409 e. The lowest BCUT2D eigenvalue weighted by atomic mass is 10.2. The summed E-state index contributed by atoms with van der Waals surface area (Å²) < 4.78 is 0. The molecule has 8 nitrogen and oxygen atoms in total. The quantitative estimate of drug-likeness (QED) is 0.294. The number of nitrogens with two attached hydrogens (primary N) is 1. The maximum atomic E-state index is 12.3. The maximum absolute atomic E-state index is 12.3. The number of nitrogens with zero attached hydrogens (tertiary/aromatic N) is 3. The minimum absolute atomic E-state index is 0.155. The van der Waals surface area contributed by atoms with Gasteiger partial charge in [-0.3, -0.25) is 14.5 Å². The first kappa shape index (κ1) is 15.0. The smallest absolute Gasteiger partial charge is 0.270 e. The molecule has 0 bridgehead atoms. The van der Waals surface area contributed by atoms with Crippen LogP contribution in [0.4, 0.5) is 0 Å². The van der Waals surface area contributed by atoms with Crippen molar-refractivity contribution in [2.24, 2.45) is 10.9 Å². The van der Waals surface area contributed by atoms with Crippen LogP contribution in [-0.2, 0) is 0 Å². The number of rotatable bonds is 3. The molecule has 2 rings (SSSR count). The topological polar surface area (TPSA) is 115 Å². The fourth-order valence-electron chi connectivity index (χ4n) is 2.33. The Kier molecular flexibility index (Phi) is 4.59. The zero-order valence-electron chi connectivity index (χ0n) is 11.8. The van der Waals surface area contributed by atoms with E-state index in [0.717, 1.165) is 0 Å². The molecule has 0 aliphatic carbocycles. The molecule has 0 aromatic carbocycles. The fraction of sp³-hybridized carbons (Fsp3) is 0.462. The van der Waals surface area contributed by atoms with Crippen molar-refractivity contribution < 1.29 is 10.0 Å². The summed E-state index contributed by atoms with van der Waals surface area (Å²) in [6, 6.07) is 4.34. The van der Waals surface area contributed by atoms with Gasteiger partial charge in [-0.15, -0.1) is 0 Å². The summed E-state index contributed by atoms with van der Waals surface area (Å²) in [5, 5.41) is 11.7. The normalized spacial score (nSPS) is 18.5. The van der Waals surface area contributed by atoms with Gasteiger partial charge in [0.25, 0.3) is 5.91 Å². The summed E-state index contributed by atoms with van der Waals surface area (Å²) >= 11 is 0. The van der Waals surface area contributed by atoms with Crippen LogP contribution in [0.3, 0.4) is 0 Å². The van der Waals surface area contributed by atoms with E-state index in [0.29, 0.717) is 31.9 Å². The van der Waals surface area contributed by atoms with Gasteiger partial charge in [-0.2, -0.15) is 0 Å². The Hall–Kier alpha value is -2.35. The number of hydrogen-bond acceptors (Lipinski definition) is 5. The van der Waals surface area contributed by atoms with E-state index < -0.39 is 0 Å². The average molecular weight is 293 g/mol. The molecule has 0 radical (unpaired) electrons. The molecule has 1 atom stereocenters. The van der Waals surface area contributed by atoms with E-state index in [1.54, 1.807) is 17.0 Å². The van der Waals surface area contributed by atoms with Gasteiger partial charge in [0.2, 0.25) is 5.56 Å². The van der Waals surface area contributed by atoms with E-state index in [1.807, 2.05) is 11.8 Å². The Morgan fingerprint density at radius 2 is 2.05 bits per heavy atom. The van der Waals surface area contributed by atoms with Gasteiger partial charge in [-0.1, -0.05) is 11.2 Å². The number of amidine groups is 1. The monoisotopic (exact) mass is 293 g/mol. The standard InChI is InChI=1S/C13H19N5O3/c1-9(12(14)16-21)17-5-7-18(8-6-17)13(20)10-3-2-4-11(19)15-10/h2-4,9,21H,5-8H2,1H3,(H2,14,16)(H,15,19). The molecule has 114 valence electrons. The highest BCUT2D eigenvalue weighted by Gasteiger charge is 2.26. The summed E-state index contributed by atoms with van der Waals surface area (Å²) in [5.74, 6) is -0.0361. The van der Waals surface area contributed by atoms with Crippen LogP contribution in [0.2, 0.25) is 0 Å². The molecular weight excluding hydrogens is 274 g/mol. The Labute approximate surface area is 121 Å². The number of hydrogen-bond donors (Lipinski definition) is 3. The number of amides is 1. The van der Waals surface area contributed by atoms with Crippen LogP contribution in [0, 0.1) is 0 Å². The molecular formula is C13H19N5O3. The number of piperazine rings is 1. The largest absolute Gasteiger partial charge is 0.409 e. The highest BCUT2D eigenvalue weighted by Crippen LogP contribution is 2.09. The number of aromatic nitrogens is 1. The van der Waals surface area contributed by atoms with Crippen molar-refractivity contribution in [2.75, 3.05) is 26.2 Å². The van der Waals surface area contributed by atoms with Crippen LogP contribution in [-0.4, -0.2) is 64.0 Å². The molecule has 1 unspecified atom stereocenters. The van der Waals surface area contributed by atoms with E-state index in [-0.39, 0.29) is 23.3 Å². The van der Waals surface area contributed by atoms with Crippen molar-refractivity contribution in [3.05, 3.63) is 34.2 Å². The zero-order chi connectivity index (χ0) is 15.4. The summed E-state index contributed by atoms with van der Waals surface area (Å²) in [6.07, 6.45) is 0. The summed E-state index contributed by atoms with van der Waals surface area (Å²) in [4.78, 5) is 29.8. The molecule has 0 saturated carbocycles. The summed E-state index contributed by atoms with van der Waals surface area (Å²) in [6.45, 7) is 4.15. The molecule has 2 heterocycles. The van der Waals surface area contributed by atoms with E-state index in [1.165, 1.54) is 6.07 Å². The van der Waals surface area contributed by atoms with Crippen LogP contribution < -0.4 is 11.3 Å². The van der Waals surface area contributed by atoms with Crippen LogP contribution in [0.1, 0.15) is 17.4 Å². The molecule has 1 saturated heterocycles. The molecule has 21 heavy (non-hydrogen) atoms. The lowest BCUT2D eigenvalue weighted by molar-refractivity contribution is 0.0613. The molecule has 8 heteroatoms. The molecule has 1 aromatic rings. The molecule has 1 aliphatic heterocycles. The van der Waals surface area contributed by atoms with E-state index in [9.17, 15) is 9.59 Å². The number of carbonyl (C=O) groups is 1. The van der Waals surface area contributed by atoms with Crippen LogP contribution in [0.25, 0.3) is 0 Å². The van der Waals surface area contributed by atoms with Gasteiger partial charge in [0.15, 0.2) is 5.84 Å². The molecule has 1 fully saturated rings. The molecule has 0 spiro atoms. The van der Waals surface area contributed by atoms with Crippen molar-refractivity contribution >= 4 is 11.7 Å². The van der Waals surface area contributed by atoms with Crippen molar-refractivity contribution in [1.82, 2.24) is 14.8 Å². The van der Waals surface area contributed by atoms with Crippen molar-refractivity contribution in [3.63, 3.8) is 0 Å². The van der Waals surface area contributed by atoms with E-state index >= 15 is 0 Å². The third kappa shape index (κ3) is 3.40. The predicted molar refractivity (Wildman–Crippen MR) is 77.4 cm³/mol. The second-order valence-electron chi connectivity index (χ2n) is 4.96. The molecule has 1 aromatic heterocycles. The number of carbonyl (C=O) groups excluding carboxylic acids is 1. The molecule has 1 amide bonds. The van der Waals surface area contributed by atoms with Crippen LogP contribution in [0.15, 0.2) is 28.1 Å². The third-order valence-corrected chi connectivity index (χ3v) is 3.69. The van der Waals surface area contributed by atoms with Crippen LogP contribution in [0.5, 0.6) is 0 Å². The van der Waals surface area contributed by atoms with Gasteiger partial charge in [0, 0.05) is 32.2 Å². The third-order valence-electron chi connectivity index (χ3n) is 3.69. The van der Waals surface area contributed by atoms with Gasteiger partial charge >= 0.3 is 0 Å². The Morgan fingerprint density at radius 1 is 1.38 bits per heavy atom. The van der Waals surface area contributed by atoms with Gasteiger partial charge in [-0.25, -0.2) is 0 Å². The highest BCUT2D eigenvalue weighted by molar-refractivity contribution is 5.92. The van der Waals surface area contributed by atoms with E-state index in [2.05, 4.69) is 10.1 Å². The van der Waals surface area contributed by atoms with Gasteiger partial charge in [0.1, 0.15) is 5.69 Å². The number of pyridine rings is 1. The highest BCUT2D eigenvalue weighted by atomic mass is 16.4. The van der Waals surface area contributed by atoms with Gasteiger partial charge < -0.3 is 20.8 Å². The number of oxime groups is 1. The lowest BCUT2D eigenvalue weighted by Gasteiger charge is -2.37. The minimum atomic E-state index is -0.292. The fourth-order valence-corrected chi connectivity index (χ4v) is 2.33. The maximum Gasteiger partial charge on any atom is 0.270 e. The van der Waals surface area contributed by atoms with Crippen LogP contribution >= 0.6 is 0 Å². The van der Waals surface area contributed by atoms with Gasteiger partial charge in [-0.05, 0) is 13.0 Å². The first-order valence-corrected chi connectivity index (χ1v) is 6.73. The number of aromatic amines is 1. The summed E-state index contributed by atoms with van der Waals surface area (Å²) in [5.41, 5.74) is 5.59. The average Bonchev–Trinajstić information content (AvgIpc) is 2.53. The Balaban J connectivity index is 1.98. The first-order valence-electron chi connectivity index (χ1n) is 6.73. The molecule has 4 N–H and O–H groups in total. The second-order valence-corrected chi connectivity index (χ2v) is 4.96. The Morgan fingerprint density at radius 3 is 2.62 bits per heavy atom. The Bertz CT molecular complexity index is 589. The van der Waals surface area contributed by atoms with Crippen molar-refractivity contribution in [1.29, 1.82) is 0 Å². The second kappa shape index (κ2) is 6.40. The first-order chi connectivity index (χ1) is 10.0. The SMILES string of the molecule is CC(/C(N)=N/O)N1CCN(C(=O)c2cccc(=O)[nH]2)CC1. The zero-order valence-corrected chi connectivity index (χ0v) is 11.8. The van der Waals surface area contributed by atoms with Crippen molar-refractivity contribution in [2.45, 2.75) is 13.0 Å². The number of H-pyrrole nitrogens is 1. The lowest BCUT2D eigenvalue weighted by Crippen LogP contribution is -2.54. The predicted octanol–water partition coefficient (Wildman–Crippen LogP) is -0.732. The molecule has 1 aliphatic rings. The number of nitrogens with one attached hydrogen (secondary N) is 1. The van der Waals surface area contributed by atoms with Gasteiger partial charge in [0.05, 0.1) is 6.04 Å². The summed E-state index contributed by atoms with van der Waals surface area (Å²) in [7, 11) is 0.